The Labute approximate surface area is 561 Å². The Hall–Kier alpha value is -10.7. The van der Waals surface area contributed by atoms with Crippen LogP contribution in [0.5, 0.6) is 5.75 Å². The number of imidazole rings is 2. The molecule has 0 radical (unpaired) electrons. The van der Waals surface area contributed by atoms with Crippen LogP contribution in [0.2, 0.25) is 0 Å². The van der Waals surface area contributed by atoms with Crippen LogP contribution in [0.1, 0.15) is 101 Å². The summed E-state index contributed by atoms with van der Waals surface area (Å²) in [7, 11) is 0. The van der Waals surface area contributed by atoms with E-state index in [-0.39, 0.29) is 108 Å². The maximum atomic E-state index is 15.2. The van der Waals surface area contributed by atoms with E-state index in [1.165, 1.54) is 47.9 Å². The van der Waals surface area contributed by atoms with Gasteiger partial charge in [-0.05, 0) is 86.3 Å². The molecule has 9 atom stereocenters. The van der Waals surface area contributed by atoms with Crippen molar-refractivity contribution >= 4 is 75.9 Å². The number of H-pyrrole nitrogens is 2. The van der Waals surface area contributed by atoms with Gasteiger partial charge in [-0.3, -0.25) is 52.9 Å². The number of likely N-dealkylation sites (tertiary alicyclic amines) is 1. The van der Waals surface area contributed by atoms with Crippen LogP contribution in [0, 0.1) is 5.92 Å². The minimum absolute atomic E-state index is 0. The Balaban J connectivity index is 0.0000133. The number of phenols is 1. The van der Waals surface area contributed by atoms with Gasteiger partial charge in [0.1, 0.15) is 66.0 Å². The van der Waals surface area contributed by atoms with Crippen LogP contribution in [0.3, 0.4) is 0 Å². The SMILES string of the molecule is C.CCNC(=O)[C@@H]1CCCN1C(=O)[C@H](CCCN=C(N)N)NC(=O)C(CC(C)C)NC(=O)C(Cc1nccn1Cc1ccccc1)NC(=O)[C@H](Cc1ccc(O)cc1)NC(=O)C(CO)NC(=O)[C@H](Cc1c[nH]c2ccccc12)NC(=O)C(Cc1cnc[nH]1)NC(=O)C1CCC(=O)N1. The topological polar surface area (TPSA) is 449 Å². The molecule has 3 aromatic carbocycles. The number of nitrogens with zero attached hydrogens (tertiary/aromatic N) is 5. The number of fused-ring (bicyclic) bond motifs is 1. The van der Waals surface area contributed by atoms with E-state index in [0.717, 1.165) is 5.56 Å². The van der Waals surface area contributed by atoms with Crippen LogP contribution in [0.4, 0.5) is 0 Å². The Morgan fingerprint density at radius 3 is 1.96 bits per heavy atom. The average Bonchev–Trinajstić information content (AvgIpc) is 1.71. The summed E-state index contributed by atoms with van der Waals surface area (Å²) in [5, 5.41) is 46.4. The Morgan fingerprint density at radius 2 is 1.32 bits per heavy atom. The molecule has 520 valence electrons. The standard InChI is InChI=1S/C66H86N18O12.CH4/c1-4-70-64(95)54-17-11-26-84(54)65(96)47(16-10-24-72-66(67)68)76-58(89)48(28-38(2)3)77-62(93)52(32-55-71-25-27-83(55)35-40-12-6-5-7-13-40)81-59(90)49(29-39-18-20-43(86)21-19-39)78-63(94)53(36-85)82-60(91)50(30-41-33-73-45-15-9-8-14-44(41)45)79-61(92)51(31-42-34-69-37-74-42)80-57(88)46-22-23-56(87)75-46;/h5-9,12-15,18-21,25,27,33-34,37-38,46-54,73,85-86H,4,10-11,16-17,22-24,26,28-32,35-36H2,1-3H3,(H,69,74)(H,70,95)(H,75,87)(H,76,89)(H,77,93)(H,78,94)(H,79,92)(H,80,88)(H,81,90)(H,82,91)(H4,67,68,72);1H4/t46?,47-,48?,49-,50-,51?,52?,53?,54-;/m0./s1. The van der Waals surface area contributed by atoms with Crippen molar-refractivity contribution in [2.24, 2.45) is 22.4 Å². The second-order valence-corrected chi connectivity index (χ2v) is 24.3. The molecule has 0 spiro atoms. The number of phenolic OH excluding ortho intramolecular Hbond substituents is 1. The lowest BCUT2D eigenvalue weighted by molar-refractivity contribution is -0.142. The Kier molecular flexibility index (Phi) is 27.2. The number of aromatic amines is 2. The molecule has 6 aromatic rings. The van der Waals surface area contributed by atoms with Crippen LogP contribution in [-0.2, 0) is 80.2 Å². The number of aromatic nitrogens is 5. The van der Waals surface area contributed by atoms with Gasteiger partial charge in [-0.1, -0.05) is 81.9 Å². The molecule has 17 N–H and O–H groups in total. The van der Waals surface area contributed by atoms with Gasteiger partial charge < -0.3 is 89.0 Å². The monoisotopic (exact) mass is 1340 g/mol. The van der Waals surface area contributed by atoms with E-state index in [1.807, 2.05) is 50.2 Å². The molecule has 2 saturated heterocycles. The van der Waals surface area contributed by atoms with Gasteiger partial charge in [-0.2, -0.15) is 0 Å². The van der Waals surface area contributed by atoms with Crippen LogP contribution < -0.4 is 59.3 Å². The fourth-order valence-corrected chi connectivity index (χ4v) is 11.6. The van der Waals surface area contributed by atoms with Crippen molar-refractivity contribution in [2.45, 2.75) is 160 Å². The fraction of sp³-hybridized carbons (Fsp3) is 0.448. The molecule has 2 aliphatic heterocycles. The Morgan fingerprint density at radius 1 is 0.701 bits per heavy atom. The third-order valence-electron chi connectivity index (χ3n) is 16.6. The van der Waals surface area contributed by atoms with Gasteiger partial charge in [0.25, 0.3) is 0 Å². The summed E-state index contributed by atoms with van der Waals surface area (Å²) >= 11 is 0. The zero-order valence-electron chi connectivity index (χ0n) is 53.8. The van der Waals surface area contributed by atoms with Crippen molar-refractivity contribution < 1.29 is 58.2 Å². The van der Waals surface area contributed by atoms with Crippen LogP contribution in [0.15, 0.2) is 115 Å². The molecule has 8 rings (SSSR count). The van der Waals surface area contributed by atoms with Gasteiger partial charge in [0, 0.05) is 99.7 Å². The highest BCUT2D eigenvalue weighted by molar-refractivity contribution is 5.99. The summed E-state index contributed by atoms with van der Waals surface area (Å²) in [6.45, 7) is 5.40. The number of nitrogens with two attached hydrogens (primary N) is 2. The number of hydrogen-bond acceptors (Lipinski definition) is 15. The maximum absolute atomic E-state index is 15.2. The van der Waals surface area contributed by atoms with E-state index in [9.17, 15) is 48.6 Å². The van der Waals surface area contributed by atoms with E-state index in [4.69, 9.17) is 11.5 Å². The second kappa shape index (κ2) is 35.7. The number of benzene rings is 3. The van der Waals surface area contributed by atoms with E-state index in [1.54, 1.807) is 42.1 Å². The number of rotatable bonds is 34. The van der Waals surface area contributed by atoms with E-state index < -0.39 is 108 Å². The van der Waals surface area contributed by atoms with Crippen molar-refractivity contribution in [2.75, 3.05) is 26.2 Å². The lowest BCUT2D eigenvalue weighted by Crippen LogP contribution is -2.61. The third-order valence-corrected chi connectivity index (χ3v) is 16.6. The number of carbonyl (C=O) groups is 10. The van der Waals surface area contributed by atoms with Crippen molar-refractivity contribution in [3.8, 4) is 5.75 Å². The molecule has 10 amide bonds. The molecule has 3 aromatic heterocycles. The molecule has 0 bridgehead atoms. The zero-order chi connectivity index (χ0) is 68.8. The highest BCUT2D eigenvalue weighted by Gasteiger charge is 2.40. The van der Waals surface area contributed by atoms with Gasteiger partial charge >= 0.3 is 0 Å². The molecular weight excluding hydrogens is 1250 g/mol. The first-order valence-corrected chi connectivity index (χ1v) is 32.2. The number of para-hydroxylation sites is 1. The Bertz CT molecular complexity index is 3680. The number of amides is 10. The van der Waals surface area contributed by atoms with Crippen LogP contribution in [0.25, 0.3) is 10.9 Å². The predicted molar refractivity (Wildman–Crippen MR) is 359 cm³/mol. The number of carbonyl (C=O) groups excluding carboxylic acids is 10. The summed E-state index contributed by atoms with van der Waals surface area (Å²) in [6.07, 6.45) is 8.43. The summed E-state index contributed by atoms with van der Waals surface area (Å²) < 4.78 is 1.77. The molecular formula is C67H90N18O12. The van der Waals surface area contributed by atoms with Gasteiger partial charge in [0.15, 0.2) is 5.96 Å². The molecule has 30 heteroatoms. The quantitative estimate of drug-likeness (QED) is 0.0139. The van der Waals surface area contributed by atoms with E-state index >= 15 is 9.59 Å². The normalized spacial score (nSPS) is 16.4. The number of aliphatic hydroxyl groups is 1. The van der Waals surface area contributed by atoms with Gasteiger partial charge in [-0.15, -0.1) is 0 Å². The third kappa shape index (κ3) is 21.2. The minimum Gasteiger partial charge on any atom is -0.508 e. The van der Waals surface area contributed by atoms with Gasteiger partial charge in [0.05, 0.1) is 12.9 Å². The largest absolute Gasteiger partial charge is 0.508 e. The molecule has 2 aliphatic rings. The van der Waals surface area contributed by atoms with Crippen molar-refractivity contribution in [3.05, 3.63) is 138 Å². The van der Waals surface area contributed by atoms with E-state index in [0.29, 0.717) is 59.5 Å². The molecule has 0 aliphatic carbocycles. The second-order valence-electron chi connectivity index (χ2n) is 24.3. The first-order chi connectivity index (χ1) is 46.2. The first kappa shape index (κ1) is 73.8. The van der Waals surface area contributed by atoms with Crippen molar-refractivity contribution in [1.29, 1.82) is 0 Å². The first-order valence-electron chi connectivity index (χ1n) is 32.2. The van der Waals surface area contributed by atoms with Crippen LogP contribution in [-0.4, -0.2) is 185 Å². The van der Waals surface area contributed by atoms with Gasteiger partial charge in [-0.25, -0.2) is 9.97 Å². The average molecular weight is 1340 g/mol. The number of likely N-dealkylation sites (N-methyl/N-ethyl adjacent to an activating group) is 1. The molecule has 30 nitrogen and oxygen atoms in total. The van der Waals surface area contributed by atoms with Crippen molar-refractivity contribution in [3.63, 3.8) is 0 Å². The molecule has 5 heterocycles. The lowest BCUT2D eigenvalue weighted by atomic mass is 10.0. The summed E-state index contributed by atoms with van der Waals surface area (Å²) in [5.74, 6) is -7.41. The molecule has 0 saturated carbocycles. The number of aliphatic imine (C=N–C) groups is 1. The summed E-state index contributed by atoms with van der Waals surface area (Å²) in [6, 6.07) is 10.3. The van der Waals surface area contributed by atoms with E-state index in [2.05, 4.69) is 72.8 Å². The smallest absolute Gasteiger partial charge is 0.245 e. The van der Waals surface area contributed by atoms with Crippen LogP contribution >= 0.6 is 0 Å². The highest BCUT2D eigenvalue weighted by atomic mass is 16.3. The number of hydrogen-bond donors (Lipinski definition) is 15. The van der Waals surface area contributed by atoms with Gasteiger partial charge in [0.2, 0.25) is 59.1 Å². The molecule has 2 fully saturated rings. The molecule has 97 heavy (non-hydrogen) atoms. The molecule has 5 unspecified atom stereocenters. The number of aliphatic hydroxyl groups excluding tert-OH is 1. The minimum atomic E-state index is -1.80. The zero-order valence-corrected chi connectivity index (χ0v) is 53.8. The van der Waals surface area contributed by atoms with Crippen molar-refractivity contribution in [1.82, 2.24) is 77.3 Å². The summed E-state index contributed by atoms with van der Waals surface area (Å²) in [5.41, 5.74) is 14.2. The summed E-state index contributed by atoms with van der Waals surface area (Å²) in [4.78, 5) is 162. The predicted octanol–water partition coefficient (Wildman–Crippen LogP) is -0.361. The number of aromatic hydroxyl groups is 1. The highest BCUT2D eigenvalue weighted by Crippen LogP contribution is 2.23. The maximum Gasteiger partial charge on any atom is 0.245 e. The number of guanidine groups is 1. The number of nitrogens with one attached hydrogen (secondary N) is 11. The fourth-order valence-electron chi connectivity index (χ4n) is 11.6. The lowest BCUT2D eigenvalue weighted by Gasteiger charge is -2.30.